The van der Waals surface area contributed by atoms with Gasteiger partial charge in [0.25, 0.3) is 16.7 Å². The number of hydrogen-bond donors (Lipinski definition) is 3. The lowest BCUT2D eigenvalue weighted by atomic mass is 10.0. The highest BCUT2D eigenvalue weighted by Crippen LogP contribution is 2.50. The Morgan fingerprint density at radius 2 is 0.712 bits per heavy atom. The van der Waals surface area contributed by atoms with Crippen molar-refractivity contribution in [2.24, 2.45) is 0 Å². The molecule has 3 saturated heterocycles. The Morgan fingerprint density at radius 1 is 0.424 bits per heavy atom. The van der Waals surface area contributed by atoms with E-state index >= 15 is 17.6 Å². The Bertz CT molecular complexity index is 7200. The molecular formula is C97H84Cl7F8N19O8. The summed E-state index contributed by atoms with van der Waals surface area (Å²) in [6.07, 6.45) is 8.40. The molecule has 12 aromatic rings. The predicted octanol–water partition coefficient (Wildman–Crippen LogP) is 20.0. The van der Waals surface area contributed by atoms with Gasteiger partial charge in [0.2, 0.25) is 17.7 Å². The van der Waals surface area contributed by atoms with Crippen LogP contribution >= 0.6 is 81.2 Å². The van der Waals surface area contributed by atoms with E-state index in [0.29, 0.717) is 69.3 Å². The third-order valence-corrected chi connectivity index (χ3v) is 26.5. The number of aromatic nitrogens is 9. The summed E-state index contributed by atoms with van der Waals surface area (Å²) in [5, 5.41) is 47.6. The third-order valence-electron chi connectivity index (χ3n) is 24.2. The Hall–Kier alpha value is -13.4. The molecule has 0 spiro atoms. The normalized spacial score (nSPS) is 15.5. The van der Waals surface area contributed by atoms with Gasteiger partial charge in [0, 0.05) is 117 Å². The first-order chi connectivity index (χ1) is 65.6. The molecule has 3 aromatic carbocycles. The molecule has 4 atom stereocenters. The fraction of sp³-hybridized carbons (Fsp3) is 0.289. The number of anilines is 4. The first kappa shape index (κ1) is 103. The number of halogens is 15. The van der Waals surface area contributed by atoms with E-state index in [4.69, 9.17) is 91.9 Å². The van der Waals surface area contributed by atoms with Crippen molar-refractivity contribution in [1.82, 2.24) is 58.3 Å². The monoisotopic (exact) mass is 2040 g/mol. The molecule has 3 fully saturated rings. The largest absolute Gasteiger partial charge is 0.503 e. The second kappa shape index (κ2) is 40.5. The number of carbonyl (C=O) groups excluding carboxylic acids is 3. The zero-order valence-corrected chi connectivity index (χ0v) is 81.7. The van der Waals surface area contributed by atoms with Gasteiger partial charge in [0.05, 0.1) is 105 Å². The van der Waals surface area contributed by atoms with Gasteiger partial charge >= 0.3 is 0 Å². The van der Waals surface area contributed by atoms with E-state index < -0.39 is 123 Å². The van der Waals surface area contributed by atoms with Gasteiger partial charge in [-0.3, -0.25) is 57.4 Å². The molecular weight excluding hydrogens is 1960 g/mol. The van der Waals surface area contributed by atoms with Crippen molar-refractivity contribution >= 4 is 155 Å². The molecule has 0 radical (unpaired) electrons. The summed E-state index contributed by atoms with van der Waals surface area (Å²) in [6.45, 7) is 36.4. The van der Waals surface area contributed by atoms with E-state index in [1.807, 2.05) is 86.3 Å². The van der Waals surface area contributed by atoms with Gasteiger partial charge in [-0.15, -0.1) is 0 Å². The minimum Gasteiger partial charge on any atom is -0.503 e. The van der Waals surface area contributed by atoms with Crippen LogP contribution in [0.15, 0.2) is 107 Å². The summed E-state index contributed by atoms with van der Waals surface area (Å²) in [4.78, 5) is 118. The lowest BCUT2D eigenvalue weighted by Crippen LogP contribution is -2.58. The van der Waals surface area contributed by atoms with Gasteiger partial charge in [-0.05, 0) is 138 Å². The maximum Gasteiger partial charge on any atom is 0.276 e. The van der Waals surface area contributed by atoms with Crippen LogP contribution in [0.1, 0.15) is 137 Å². The third kappa shape index (κ3) is 18.0. The number of nitrogen functional groups attached to an aromatic ring is 1. The van der Waals surface area contributed by atoms with Gasteiger partial charge in [-0.1, -0.05) is 142 Å². The van der Waals surface area contributed by atoms with E-state index in [9.17, 15) is 72.3 Å². The number of carbonyl (C=O) groups is 3. The van der Waals surface area contributed by atoms with Gasteiger partial charge < -0.3 is 45.3 Å². The van der Waals surface area contributed by atoms with Crippen LogP contribution in [-0.2, 0) is 14.4 Å². The highest BCUT2D eigenvalue weighted by Gasteiger charge is 2.42. The van der Waals surface area contributed by atoms with Crippen molar-refractivity contribution in [1.29, 1.82) is 15.8 Å². The molecule has 42 heteroatoms. The van der Waals surface area contributed by atoms with Gasteiger partial charge in [0.1, 0.15) is 66.9 Å². The highest BCUT2D eigenvalue weighted by atomic mass is 35.5. The number of nitriles is 3. The maximum absolute atomic E-state index is 15.4. The van der Waals surface area contributed by atoms with E-state index in [0.717, 1.165) is 9.13 Å². The van der Waals surface area contributed by atoms with E-state index in [-0.39, 0.29) is 187 Å². The van der Waals surface area contributed by atoms with Crippen LogP contribution in [0.25, 0.3) is 83.9 Å². The molecule has 0 bridgehead atoms. The van der Waals surface area contributed by atoms with Gasteiger partial charge in [-0.2, -0.15) is 15.8 Å². The number of amides is 3. The zero-order valence-electron chi connectivity index (χ0n) is 76.4. The molecule has 0 unspecified atom stereocenters. The van der Waals surface area contributed by atoms with Crippen LogP contribution in [0, 0.1) is 101 Å². The Balaban J connectivity index is 0.000000176. The van der Waals surface area contributed by atoms with Crippen molar-refractivity contribution < 1.29 is 59.7 Å². The predicted molar refractivity (Wildman–Crippen MR) is 520 cm³/mol. The summed E-state index contributed by atoms with van der Waals surface area (Å²) >= 11 is 43.8. The fourth-order valence-corrected chi connectivity index (χ4v) is 19.6. The highest BCUT2D eigenvalue weighted by molar-refractivity contribution is 6.40. The summed E-state index contributed by atoms with van der Waals surface area (Å²) < 4.78 is 123. The molecule has 27 nitrogen and oxygen atoms in total. The Kier molecular flexibility index (Phi) is 30.0. The summed E-state index contributed by atoms with van der Waals surface area (Å²) in [5.74, 6) is -17.3. The van der Waals surface area contributed by atoms with Crippen molar-refractivity contribution in [2.75, 3.05) is 72.8 Å². The Labute approximate surface area is 824 Å². The topological polar surface area (TPSA) is 352 Å². The number of nitrogens with zero attached hydrogens (tertiary/aromatic N) is 18. The number of aromatic hydroxyl groups is 2. The number of phenols is 2. The smallest absolute Gasteiger partial charge is 0.276 e. The molecule has 3 amide bonds. The number of nitrogens with two attached hydrogens (primary N) is 1. The average molecular weight is 2040 g/mol. The number of pyridine rings is 9. The number of rotatable bonds is 15. The molecule has 9 aromatic heterocycles. The Morgan fingerprint density at radius 3 is 1.00 bits per heavy atom. The molecule has 3 aliphatic heterocycles. The van der Waals surface area contributed by atoms with Crippen molar-refractivity contribution in [3.63, 3.8) is 0 Å². The SMILES string of the molecule is C=CC(=O)N1CCN(c2c(C#N)c(=O)n(-c3c(C)ccnc3C(C)C)c3nc(-c4c(N)c(Cl)c(F)c(F)c4Cl)c(Cl)cc23)CC1.C=CC(=O)N1[C@H](C)CN(c2c(C#N)c(=O)n(-c3c(C)ccnc3C(C)C)c3nc(-c4c(F)c(O)c(F)c(Cl)c4F)c(Cl)cc23)C[C@@H]1C.C=CC(=O)N1[C@H](C)CN(c2c(C#N)c(=O)n(-c3c(C)ccnc3C(C)C)c3nc(-c4c(F)c(O)c(F)c(Cl)c4F)c(Cl)cc23)C[C@@H]1C. The van der Waals surface area contributed by atoms with Gasteiger partial charge in [-0.25, -0.2) is 50.1 Å². The summed E-state index contributed by atoms with van der Waals surface area (Å²) in [7, 11) is 0. The van der Waals surface area contributed by atoms with Crippen LogP contribution in [0.2, 0.25) is 35.2 Å². The quantitative estimate of drug-likeness (QED) is 0.0282. The zero-order chi connectivity index (χ0) is 102. The van der Waals surface area contributed by atoms with Gasteiger partial charge in [0.15, 0.2) is 58.0 Å². The molecule has 12 heterocycles. The molecule has 0 aliphatic carbocycles. The number of phenolic OH excluding ortho intramolecular Hbond substituents is 2. The second-order valence-corrected chi connectivity index (χ2v) is 36.9. The van der Waals surface area contributed by atoms with Crippen LogP contribution in [-0.4, -0.2) is 163 Å². The molecule has 0 saturated carbocycles. The van der Waals surface area contributed by atoms with Crippen LogP contribution < -0.4 is 37.1 Å². The minimum absolute atomic E-state index is 0.0346. The van der Waals surface area contributed by atoms with E-state index in [1.165, 1.54) is 41.0 Å². The van der Waals surface area contributed by atoms with Crippen molar-refractivity contribution in [2.45, 2.75) is 132 Å². The summed E-state index contributed by atoms with van der Waals surface area (Å²) in [6, 6.07) is 13.7. The van der Waals surface area contributed by atoms with Crippen LogP contribution in [0.3, 0.4) is 0 Å². The lowest BCUT2D eigenvalue weighted by molar-refractivity contribution is -0.131. The minimum atomic E-state index is -1.70. The standard InChI is InChI=1S/2C33H29Cl2F3N6O3.C31H26Cl3F2N7O2/c2*1-7-21(45)43-16(5)12-42(13-17(43)6)30-18-10-20(34)28(22-24(36)23(35)26(38)31(46)25(22)37)41-32(18)44(33(47)19(30)11-39)29-15(4)8-9-40-27(29)14(2)3;1-5-19(44)41-8-10-42(11-9-41)29-16-12-18(32)27(20-21(33)23(35)24(36)22(34)25(20)38)40-30(16)43(31(45)17(29)13-37)28-15(4)6-7-39-26(28)14(2)3/h2*7-10,14,16-17,46H,1,12-13H2,2-6H3;5-7,12,14H,1,8-11,38H2,2-4H3/t2*16-,17+;. The lowest BCUT2D eigenvalue weighted by Gasteiger charge is -2.45. The second-order valence-electron chi connectivity index (χ2n) is 34.2. The molecule has 720 valence electrons. The maximum atomic E-state index is 15.4. The van der Waals surface area contributed by atoms with Crippen molar-refractivity contribution in [3.8, 4) is 80.5 Å². The number of fused-ring (bicyclic) bond motifs is 3. The van der Waals surface area contributed by atoms with Crippen molar-refractivity contribution in [3.05, 3.63) is 256 Å². The molecule has 15 rings (SSSR count). The number of piperazine rings is 3. The van der Waals surface area contributed by atoms with E-state index in [1.54, 1.807) is 82.1 Å². The molecule has 3 aliphatic rings. The van der Waals surface area contributed by atoms with E-state index in [2.05, 4.69) is 50.7 Å². The first-order valence-corrected chi connectivity index (χ1v) is 45.5. The number of hydrogen-bond acceptors (Lipinski definition) is 21. The first-order valence-electron chi connectivity index (χ1n) is 42.9. The molecule has 139 heavy (non-hydrogen) atoms. The number of aryl methyl sites for hydroxylation is 3. The van der Waals surface area contributed by atoms with Crippen LogP contribution in [0.4, 0.5) is 57.9 Å². The number of benzene rings is 3. The summed E-state index contributed by atoms with van der Waals surface area (Å²) in [5.41, 5.74) is 3.76. The average Bonchev–Trinajstić information content (AvgIpc) is 0.726. The molecule has 4 N–H and O–H groups in total. The fourth-order valence-electron chi connectivity index (χ4n) is 18.0. The van der Waals surface area contributed by atoms with Crippen LogP contribution in [0.5, 0.6) is 11.5 Å².